The van der Waals surface area contributed by atoms with E-state index in [1.54, 1.807) is 18.4 Å². The molecule has 1 amide bonds. The molecule has 7 heteroatoms. The van der Waals surface area contributed by atoms with Crippen molar-refractivity contribution in [2.75, 3.05) is 20.6 Å². The molecule has 2 aromatic rings. The molecule has 0 fully saturated rings. The van der Waals surface area contributed by atoms with E-state index >= 15 is 0 Å². The Morgan fingerprint density at radius 2 is 2.05 bits per heavy atom. The summed E-state index contributed by atoms with van der Waals surface area (Å²) in [6.07, 6.45) is 1.57. The summed E-state index contributed by atoms with van der Waals surface area (Å²) >= 11 is 0. The maximum Gasteiger partial charge on any atom is 0.282 e. The largest absolute Gasteiger partial charge is 0.468 e. The maximum atomic E-state index is 12.2. The Kier molecular flexibility index (Phi) is 4.90. The van der Waals surface area contributed by atoms with Gasteiger partial charge in [0, 0.05) is 12.6 Å². The van der Waals surface area contributed by atoms with Crippen LogP contribution in [0.3, 0.4) is 0 Å². The smallest absolute Gasteiger partial charge is 0.282 e. The Morgan fingerprint density at radius 3 is 2.64 bits per heavy atom. The van der Waals surface area contributed by atoms with Crippen LogP contribution in [0.4, 0.5) is 5.69 Å². The van der Waals surface area contributed by atoms with Gasteiger partial charge in [0.1, 0.15) is 11.3 Å². The van der Waals surface area contributed by atoms with Gasteiger partial charge >= 0.3 is 0 Å². The van der Waals surface area contributed by atoms with E-state index in [9.17, 15) is 14.9 Å². The Bertz CT molecular complexity index is 653. The van der Waals surface area contributed by atoms with Crippen molar-refractivity contribution in [3.63, 3.8) is 0 Å². The minimum Gasteiger partial charge on any atom is -0.468 e. The summed E-state index contributed by atoms with van der Waals surface area (Å²) < 4.78 is 5.36. The fourth-order valence-electron chi connectivity index (χ4n) is 2.13. The lowest BCUT2D eigenvalue weighted by Gasteiger charge is -2.22. The molecule has 1 heterocycles. The summed E-state index contributed by atoms with van der Waals surface area (Å²) in [5, 5.41) is 13.7. The van der Waals surface area contributed by atoms with E-state index in [0.29, 0.717) is 5.76 Å². The molecule has 1 atom stereocenters. The van der Waals surface area contributed by atoms with Gasteiger partial charge < -0.3 is 9.73 Å². The molecule has 0 saturated heterocycles. The Morgan fingerprint density at radius 1 is 1.32 bits per heavy atom. The fourth-order valence-corrected chi connectivity index (χ4v) is 2.13. The van der Waals surface area contributed by atoms with Crippen LogP contribution in [0.5, 0.6) is 0 Å². The lowest BCUT2D eigenvalue weighted by Crippen LogP contribution is -2.34. The van der Waals surface area contributed by atoms with Crippen LogP contribution >= 0.6 is 0 Å². The van der Waals surface area contributed by atoms with Gasteiger partial charge in [-0.25, -0.2) is 0 Å². The van der Waals surface area contributed by atoms with Crippen molar-refractivity contribution in [2.45, 2.75) is 6.04 Å². The van der Waals surface area contributed by atoms with Crippen LogP contribution in [0.2, 0.25) is 0 Å². The lowest BCUT2D eigenvalue weighted by atomic mass is 10.1. The van der Waals surface area contributed by atoms with E-state index in [1.807, 2.05) is 25.1 Å². The van der Waals surface area contributed by atoms with Gasteiger partial charge in [-0.05, 0) is 32.3 Å². The van der Waals surface area contributed by atoms with Crippen LogP contribution in [0, 0.1) is 10.1 Å². The predicted molar refractivity (Wildman–Crippen MR) is 80.6 cm³/mol. The summed E-state index contributed by atoms with van der Waals surface area (Å²) in [5.41, 5.74) is -0.163. The van der Waals surface area contributed by atoms with Crippen molar-refractivity contribution in [1.82, 2.24) is 10.2 Å². The number of nitro groups is 1. The van der Waals surface area contributed by atoms with Gasteiger partial charge in [-0.15, -0.1) is 0 Å². The topological polar surface area (TPSA) is 88.6 Å². The molecule has 116 valence electrons. The normalized spacial score (nSPS) is 12.1. The van der Waals surface area contributed by atoms with Crippen molar-refractivity contribution in [3.05, 3.63) is 64.1 Å². The monoisotopic (exact) mass is 303 g/mol. The third-order valence-electron chi connectivity index (χ3n) is 3.30. The number of hydrogen-bond acceptors (Lipinski definition) is 5. The molecule has 0 aliphatic rings. The van der Waals surface area contributed by atoms with E-state index in [4.69, 9.17) is 4.42 Å². The van der Waals surface area contributed by atoms with Gasteiger partial charge in [-0.2, -0.15) is 0 Å². The van der Waals surface area contributed by atoms with Crippen molar-refractivity contribution < 1.29 is 14.1 Å². The zero-order valence-electron chi connectivity index (χ0n) is 12.4. The number of carbonyl (C=O) groups is 1. The zero-order chi connectivity index (χ0) is 16.1. The van der Waals surface area contributed by atoms with Crippen molar-refractivity contribution in [2.24, 2.45) is 0 Å². The van der Waals surface area contributed by atoms with Crippen LogP contribution in [-0.2, 0) is 0 Å². The SMILES string of the molecule is CN(C)C(CNC(=O)c1ccccc1[N+](=O)[O-])c1ccco1. The first-order valence-corrected chi connectivity index (χ1v) is 6.72. The van der Waals surface area contributed by atoms with Crippen molar-refractivity contribution >= 4 is 11.6 Å². The summed E-state index contributed by atoms with van der Waals surface area (Å²) in [5.74, 6) is 0.235. The van der Waals surface area contributed by atoms with Crippen molar-refractivity contribution in [1.29, 1.82) is 0 Å². The maximum absolute atomic E-state index is 12.2. The molecule has 2 rings (SSSR count). The average molecular weight is 303 g/mol. The Hall–Kier alpha value is -2.67. The summed E-state index contributed by atoms with van der Waals surface area (Å²) in [6.45, 7) is 0.283. The number of rotatable bonds is 6. The molecule has 0 aliphatic carbocycles. The number of amides is 1. The summed E-state index contributed by atoms with van der Waals surface area (Å²) in [6, 6.07) is 9.31. The first kappa shape index (κ1) is 15.7. The predicted octanol–water partition coefficient (Wildman–Crippen LogP) is 2.22. The second-order valence-electron chi connectivity index (χ2n) is 4.98. The Labute approximate surface area is 127 Å². The molecular formula is C15H17N3O4. The molecule has 1 unspecified atom stereocenters. The molecule has 1 aromatic carbocycles. The minimum absolute atomic E-state index is 0.0458. The van der Waals surface area contributed by atoms with Gasteiger partial charge in [-0.3, -0.25) is 19.8 Å². The van der Waals surface area contributed by atoms with Crippen LogP contribution in [-0.4, -0.2) is 36.4 Å². The van der Waals surface area contributed by atoms with Crippen LogP contribution in [0.1, 0.15) is 22.2 Å². The van der Waals surface area contributed by atoms with Gasteiger partial charge in [0.25, 0.3) is 11.6 Å². The lowest BCUT2D eigenvalue weighted by molar-refractivity contribution is -0.385. The van der Waals surface area contributed by atoms with Gasteiger partial charge in [0.15, 0.2) is 0 Å². The van der Waals surface area contributed by atoms with Gasteiger partial charge in [0.05, 0.1) is 17.2 Å². The second kappa shape index (κ2) is 6.86. The molecule has 0 bridgehead atoms. The first-order valence-electron chi connectivity index (χ1n) is 6.72. The highest BCUT2D eigenvalue weighted by atomic mass is 16.6. The molecule has 0 aliphatic heterocycles. The van der Waals surface area contributed by atoms with Crippen LogP contribution < -0.4 is 5.32 Å². The second-order valence-corrected chi connectivity index (χ2v) is 4.98. The highest BCUT2D eigenvalue weighted by Gasteiger charge is 2.22. The van der Waals surface area contributed by atoms with Crippen LogP contribution in [0.15, 0.2) is 47.1 Å². The average Bonchev–Trinajstić information content (AvgIpc) is 3.01. The van der Waals surface area contributed by atoms with Gasteiger partial charge in [-0.1, -0.05) is 12.1 Å². The number of nitrogens with zero attached hydrogens (tertiary/aromatic N) is 2. The van der Waals surface area contributed by atoms with Gasteiger partial charge in [0.2, 0.25) is 0 Å². The molecule has 0 saturated carbocycles. The number of furan rings is 1. The number of hydrogen-bond donors (Lipinski definition) is 1. The number of para-hydroxylation sites is 1. The summed E-state index contributed by atoms with van der Waals surface area (Å²) in [7, 11) is 3.73. The van der Waals surface area contributed by atoms with Crippen molar-refractivity contribution in [3.8, 4) is 0 Å². The van der Waals surface area contributed by atoms with E-state index < -0.39 is 10.8 Å². The zero-order valence-corrected chi connectivity index (χ0v) is 12.4. The van der Waals surface area contributed by atoms with Crippen LogP contribution in [0.25, 0.3) is 0 Å². The molecule has 0 radical (unpaired) electrons. The Balaban J connectivity index is 2.11. The highest BCUT2D eigenvalue weighted by molar-refractivity contribution is 5.98. The number of likely N-dealkylation sites (N-methyl/N-ethyl adjacent to an activating group) is 1. The minimum atomic E-state index is -0.565. The molecule has 1 N–H and O–H groups in total. The first-order chi connectivity index (χ1) is 10.5. The molecule has 22 heavy (non-hydrogen) atoms. The van der Waals surface area contributed by atoms with E-state index in [0.717, 1.165) is 0 Å². The van der Waals surface area contributed by atoms with E-state index in [1.165, 1.54) is 18.2 Å². The quantitative estimate of drug-likeness (QED) is 0.653. The number of nitro benzene ring substituents is 1. The number of carbonyl (C=O) groups excluding carboxylic acids is 1. The van der Waals surface area contributed by atoms with E-state index in [-0.39, 0.29) is 23.8 Å². The number of nitrogens with one attached hydrogen (secondary N) is 1. The number of benzene rings is 1. The highest BCUT2D eigenvalue weighted by Crippen LogP contribution is 2.20. The molecule has 7 nitrogen and oxygen atoms in total. The van der Waals surface area contributed by atoms with E-state index in [2.05, 4.69) is 5.32 Å². The third-order valence-corrected chi connectivity index (χ3v) is 3.30. The summed E-state index contributed by atoms with van der Waals surface area (Å²) in [4.78, 5) is 24.5. The molecular weight excluding hydrogens is 286 g/mol. The fraction of sp³-hybridized carbons (Fsp3) is 0.267. The molecule has 0 spiro atoms. The standard InChI is InChI=1S/C15H17N3O4/c1-17(2)13(14-8-5-9-22-14)10-16-15(19)11-6-3-4-7-12(11)18(20)21/h3-9,13H,10H2,1-2H3,(H,16,19). The third kappa shape index (κ3) is 3.50. The molecule has 1 aromatic heterocycles.